The molecular formula is C21H26FN2O2+. The zero-order chi connectivity index (χ0) is 18.5. The van der Waals surface area contributed by atoms with E-state index in [4.69, 9.17) is 4.74 Å². The fourth-order valence-electron chi connectivity index (χ4n) is 3.24. The summed E-state index contributed by atoms with van der Waals surface area (Å²) in [7, 11) is 1.45. The molecule has 1 unspecified atom stereocenters. The molecule has 1 amide bonds. The maximum Gasteiger partial charge on any atom is 0.283 e. The highest BCUT2D eigenvalue weighted by atomic mass is 19.1. The number of hydrogen-bond acceptors (Lipinski definition) is 2. The third-order valence-corrected chi connectivity index (χ3v) is 4.83. The molecule has 2 atom stereocenters. The fourth-order valence-corrected chi connectivity index (χ4v) is 3.24. The zero-order valence-electron chi connectivity index (χ0n) is 15.3. The van der Waals surface area contributed by atoms with Crippen LogP contribution in [0.4, 0.5) is 4.39 Å². The van der Waals surface area contributed by atoms with E-state index in [0.29, 0.717) is 12.6 Å². The Kier molecular flexibility index (Phi) is 5.89. The van der Waals surface area contributed by atoms with Gasteiger partial charge in [0.2, 0.25) is 0 Å². The van der Waals surface area contributed by atoms with Crippen molar-refractivity contribution < 1.29 is 18.8 Å². The van der Waals surface area contributed by atoms with E-state index in [1.165, 1.54) is 13.2 Å². The van der Waals surface area contributed by atoms with E-state index in [1.54, 1.807) is 6.07 Å². The molecule has 1 aliphatic carbocycles. The first kappa shape index (κ1) is 18.4. The number of quaternary nitrogens is 1. The van der Waals surface area contributed by atoms with Gasteiger partial charge in [-0.15, -0.1) is 0 Å². The quantitative estimate of drug-likeness (QED) is 0.761. The van der Waals surface area contributed by atoms with Gasteiger partial charge in [-0.05, 0) is 38.0 Å². The highest BCUT2D eigenvalue weighted by Gasteiger charge is 2.34. The molecule has 2 N–H and O–H groups in total. The molecule has 0 aromatic heterocycles. The minimum atomic E-state index is -0.376. The second kappa shape index (κ2) is 8.32. The van der Waals surface area contributed by atoms with Crippen molar-refractivity contribution in [3.8, 4) is 5.75 Å². The monoisotopic (exact) mass is 357 g/mol. The summed E-state index contributed by atoms with van der Waals surface area (Å²) in [5.74, 6) is -0.0958. The van der Waals surface area contributed by atoms with E-state index < -0.39 is 0 Å². The van der Waals surface area contributed by atoms with Gasteiger partial charge in [0.05, 0.1) is 13.7 Å². The molecule has 3 rings (SSSR count). The minimum Gasteiger partial charge on any atom is -0.494 e. The van der Waals surface area contributed by atoms with Gasteiger partial charge in [0.1, 0.15) is 6.54 Å². The highest BCUT2D eigenvalue weighted by Crippen LogP contribution is 2.21. The van der Waals surface area contributed by atoms with Crippen molar-refractivity contribution in [2.75, 3.05) is 13.7 Å². The molecule has 1 saturated carbocycles. The molecule has 0 saturated heterocycles. The average molecular weight is 357 g/mol. The number of methoxy groups -OCH3 is 1. The number of carbonyl (C=O) groups excluding carboxylic acids is 1. The number of halogens is 1. The van der Waals surface area contributed by atoms with Crippen LogP contribution in [0.25, 0.3) is 0 Å². The van der Waals surface area contributed by atoms with Crippen LogP contribution < -0.4 is 15.0 Å². The van der Waals surface area contributed by atoms with Crippen LogP contribution in [-0.4, -0.2) is 25.6 Å². The molecule has 0 aliphatic heterocycles. The van der Waals surface area contributed by atoms with Crippen LogP contribution >= 0.6 is 0 Å². The smallest absolute Gasteiger partial charge is 0.283 e. The number of hydrogen-bond donors (Lipinski definition) is 2. The van der Waals surface area contributed by atoms with E-state index in [0.717, 1.165) is 35.4 Å². The number of rotatable bonds is 8. The largest absolute Gasteiger partial charge is 0.494 e. The van der Waals surface area contributed by atoms with Crippen LogP contribution in [0.1, 0.15) is 36.9 Å². The van der Waals surface area contributed by atoms with Gasteiger partial charge >= 0.3 is 0 Å². The summed E-state index contributed by atoms with van der Waals surface area (Å²) in [6.07, 6.45) is 2.11. The second-order valence-corrected chi connectivity index (χ2v) is 6.78. The van der Waals surface area contributed by atoms with Gasteiger partial charge in [-0.2, -0.15) is 0 Å². The topological polar surface area (TPSA) is 42.8 Å². The van der Waals surface area contributed by atoms with E-state index in [2.05, 4.69) is 12.2 Å². The molecule has 0 heterocycles. The molecule has 138 valence electrons. The molecule has 0 radical (unpaired) electrons. The maximum absolute atomic E-state index is 14.1. The first-order valence-corrected chi connectivity index (χ1v) is 9.14. The van der Waals surface area contributed by atoms with Crippen LogP contribution in [0.3, 0.4) is 0 Å². The number of nitrogens with one attached hydrogen (secondary N) is 2. The van der Waals surface area contributed by atoms with Crippen molar-refractivity contribution in [2.45, 2.75) is 38.4 Å². The van der Waals surface area contributed by atoms with Crippen molar-refractivity contribution in [3.63, 3.8) is 0 Å². The highest BCUT2D eigenvalue weighted by molar-refractivity contribution is 5.82. The van der Waals surface area contributed by atoms with Crippen molar-refractivity contribution >= 4 is 5.91 Å². The third kappa shape index (κ3) is 4.41. The van der Waals surface area contributed by atoms with Crippen LogP contribution in [-0.2, 0) is 11.3 Å². The van der Waals surface area contributed by atoms with Crippen LogP contribution in [0.2, 0.25) is 0 Å². The van der Waals surface area contributed by atoms with Crippen LogP contribution in [0, 0.1) is 5.82 Å². The lowest BCUT2D eigenvalue weighted by Crippen LogP contribution is -3.12. The summed E-state index contributed by atoms with van der Waals surface area (Å²) in [5, 5.41) is 3.13. The molecule has 2 aromatic carbocycles. The van der Waals surface area contributed by atoms with E-state index in [9.17, 15) is 9.18 Å². The Hall–Kier alpha value is -2.40. The summed E-state index contributed by atoms with van der Waals surface area (Å²) < 4.78 is 19.0. The predicted molar refractivity (Wildman–Crippen MR) is 98.5 cm³/mol. The Morgan fingerprint density at radius 3 is 2.58 bits per heavy atom. The molecule has 5 heteroatoms. The lowest BCUT2D eigenvalue weighted by molar-refractivity contribution is -0.934. The summed E-state index contributed by atoms with van der Waals surface area (Å²) >= 11 is 0. The number of likely N-dealkylation sites (N-methyl/N-ethyl adjacent to an activating group) is 1. The van der Waals surface area contributed by atoms with E-state index in [-0.39, 0.29) is 23.5 Å². The Bertz CT molecular complexity index is 747. The van der Waals surface area contributed by atoms with Gasteiger partial charge in [0.25, 0.3) is 5.91 Å². The molecule has 1 aliphatic rings. The predicted octanol–water partition coefficient (Wildman–Crippen LogP) is 2.26. The number of carbonyl (C=O) groups is 1. The molecule has 26 heavy (non-hydrogen) atoms. The number of ether oxygens (including phenoxy) is 1. The molecule has 0 spiro atoms. The van der Waals surface area contributed by atoms with Gasteiger partial charge < -0.3 is 15.0 Å². The Labute approximate surface area is 154 Å². The van der Waals surface area contributed by atoms with Gasteiger partial charge in [0.15, 0.2) is 17.6 Å². The lowest BCUT2D eigenvalue weighted by atomic mass is 10.0. The third-order valence-electron chi connectivity index (χ3n) is 4.83. The summed E-state index contributed by atoms with van der Waals surface area (Å²) in [6, 6.07) is 14.8. The Morgan fingerprint density at radius 1 is 1.27 bits per heavy atom. The van der Waals surface area contributed by atoms with Crippen LogP contribution in [0.5, 0.6) is 5.75 Å². The molecular weight excluding hydrogens is 331 g/mol. The molecule has 2 aromatic rings. The standard InChI is InChI=1S/C21H25FN2O2/c1-3-24(14-15-9-12-19(26-2)18(22)13-15)20(16-7-5-4-6-8-16)21(25)23-17-10-11-17/h4-9,12-13,17,20H,3,10-11,14H2,1-2H3,(H,23,25)/p+1/t20-/m0/s1. The first-order chi connectivity index (χ1) is 12.6. The molecule has 0 bridgehead atoms. The van der Waals surface area contributed by atoms with E-state index >= 15 is 0 Å². The van der Waals surface area contributed by atoms with Crippen molar-refractivity contribution in [2.24, 2.45) is 0 Å². The van der Waals surface area contributed by atoms with Gasteiger partial charge in [-0.1, -0.05) is 30.3 Å². The van der Waals surface area contributed by atoms with Crippen molar-refractivity contribution in [3.05, 3.63) is 65.5 Å². The van der Waals surface area contributed by atoms with Gasteiger partial charge in [0, 0.05) is 17.2 Å². The summed E-state index contributed by atoms with van der Waals surface area (Å²) in [5.41, 5.74) is 1.83. The second-order valence-electron chi connectivity index (χ2n) is 6.78. The normalized spacial score (nSPS) is 16.0. The van der Waals surface area contributed by atoms with Crippen molar-refractivity contribution in [1.29, 1.82) is 0 Å². The molecule has 1 fully saturated rings. The van der Waals surface area contributed by atoms with Crippen LogP contribution in [0.15, 0.2) is 48.5 Å². The van der Waals surface area contributed by atoms with Crippen molar-refractivity contribution in [1.82, 2.24) is 5.32 Å². The SMILES string of the molecule is CC[NH+](Cc1ccc(OC)c(F)c1)[C@H](C(=O)NC1CC1)c1ccccc1. The minimum absolute atomic E-state index is 0.0459. The van der Waals surface area contributed by atoms with Gasteiger partial charge in [-0.3, -0.25) is 4.79 Å². The summed E-state index contributed by atoms with van der Waals surface area (Å²) in [4.78, 5) is 14.0. The Balaban J connectivity index is 1.84. The zero-order valence-corrected chi connectivity index (χ0v) is 15.3. The fraction of sp³-hybridized carbons (Fsp3) is 0.381. The average Bonchev–Trinajstić information content (AvgIpc) is 3.46. The lowest BCUT2D eigenvalue weighted by Gasteiger charge is -2.27. The number of benzene rings is 2. The number of amides is 1. The Morgan fingerprint density at radius 2 is 2.00 bits per heavy atom. The van der Waals surface area contributed by atoms with Gasteiger partial charge in [-0.25, -0.2) is 4.39 Å². The molecule has 4 nitrogen and oxygen atoms in total. The first-order valence-electron chi connectivity index (χ1n) is 9.14. The maximum atomic E-state index is 14.1. The van der Waals surface area contributed by atoms with E-state index in [1.807, 2.05) is 36.4 Å². The summed E-state index contributed by atoms with van der Waals surface area (Å²) in [6.45, 7) is 3.37.